The minimum Gasteiger partial charge on any atom is -0.491 e. The van der Waals surface area contributed by atoms with Crippen LogP contribution in [-0.4, -0.2) is 30.8 Å². The van der Waals surface area contributed by atoms with Crippen LogP contribution in [0, 0.1) is 6.92 Å². The van der Waals surface area contributed by atoms with Crippen molar-refractivity contribution in [3.8, 4) is 5.75 Å². The summed E-state index contributed by atoms with van der Waals surface area (Å²) in [6.45, 7) is 10.9. The molecule has 1 aromatic heterocycles. The monoisotopic (exact) mass is 486 g/mol. The molecule has 1 heterocycles. The second-order valence-corrected chi connectivity index (χ2v) is 5.97. The summed E-state index contributed by atoms with van der Waals surface area (Å²) in [6.07, 6.45) is 1.68. The Morgan fingerprint density at radius 1 is 1.15 bits per heavy atom. The molecule has 1 aromatic carbocycles. The topological polar surface area (TPSA) is 71.7 Å². The molecule has 0 unspecified atom stereocenters. The van der Waals surface area contributed by atoms with Crippen LogP contribution in [0.25, 0.3) is 0 Å². The van der Waals surface area contributed by atoms with Crippen molar-refractivity contribution in [2.75, 3.05) is 19.7 Å². The Hall–Kier alpha value is -1.77. The summed E-state index contributed by atoms with van der Waals surface area (Å²) < 4.78 is 11.2. The van der Waals surface area contributed by atoms with E-state index in [0.29, 0.717) is 19.7 Å². The summed E-state index contributed by atoms with van der Waals surface area (Å²) in [6, 6.07) is 8.02. The Balaban J connectivity index is 0.00000364. The van der Waals surface area contributed by atoms with E-state index >= 15 is 0 Å². The molecule has 0 radical (unpaired) electrons. The van der Waals surface area contributed by atoms with E-state index < -0.39 is 0 Å². The van der Waals surface area contributed by atoms with Gasteiger partial charge >= 0.3 is 0 Å². The molecule has 27 heavy (non-hydrogen) atoms. The third-order valence-electron chi connectivity index (χ3n) is 4.09. The minimum absolute atomic E-state index is 0. The SMILES string of the molecule is CCNC(=NCc1c(CC)noc1CC)NCCOc1ccccc1C.I. The Labute approximate surface area is 179 Å². The van der Waals surface area contributed by atoms with E-state index in [1.54, 1.807) is 0 Å². The smallest absolute Gasteiger partial charge is 0.191 e. The molecule has 2 N–H and O–H groups in total. The van der Waals surface area contributed by atoms with Crippen LogP contribution in [-0.2, 0) is 19.4 Å². The Bertz CT molecular complexity index is 694. The summed E-state index contributed by atoms with van der Waals surface area (Å²) in [4.78, 5) is 4.67. The van der Waals surface area contributed by atoms with Crippen LogP contribution in [0.5, 0.6) is 5.75 Å². The standard InChI is InChI=1S/C20H30N4O2.HI/c1-5-17-16(18(6-2)26-24-17)14-23-20(21-7-3)22-12-13-25-19-11-9-8-10-15(19)4;/h8-11H,5-7,12-14H2,1-4H3,(H2,21,22,23);1H. The van der Waals surface area contributed by atoms with Crippen molar-refractivity contribution in [3.05, 3.63) is 46.8 Å². The number of ether oxygens (including phenoxy) is 1. The third-order valence-corrected chi connectivity index (χ3v) is 4.09. The van der Waals surface area contributed by atoms with Crippen LogP contribution in [0.15, 0.2) is 33.8 Å². The zero-order valence-corrected chi connectivity index (χ0v) is 19.0. The summed E-state index contributed by atoms with van der Waals surface area (Å²) in [5.41, 5.74) is 3.23. The molecule has 7 heteroatoms. The molecule has 0 bridgehead atoms. The highest BCUT2D eigenvalue weighted by Gasteiger charge is 2.13. The van der Waals surface area contributed by atoms with Gasteiger partial charge in [-0.1, -0.05) is 37.2 Å². The van der Waals surface area contributed by atoms with E-state index in [0.717, 1.165) is 53.7 Å². The Morgan fingerprint density at radius 2 is 1.93 bits per heavy atom. The van der Waals surface area contributed by atoms with E-state index in [1.165, 1.54) is 0 Å². The molecule has 0 amide bonds. The number of hydrogen-bond donors (Lipinski definition) is 2. The Morgan fingerprint density at radius 3 is 2.59 bits per heavy atom. The molecule has 2 aromatic rings. The van der Waals surface area contributed by atoms with Gasteiger partial charge in [-0.25, -0.2) is 4.99 Å². The lowest BCUT2D eigenvalue weighted by molar-refractivity contribution is 0.320. The van der Waals surface area contributed by atoms with Crippen molar-refractivity contribution in [3.63, 3.8) is 0 Å². The fourth-order valence-corrected chi connectivity index (χ4v) is 2.67. The van der Waals surface area contributed by atoms with Gasteiger partial charge in [0.1, 0.15) is 18.1 Å². The van der Waals surface area contributed by atoms with Gasteiger partial charge in [0, 0.05) is 18.5 Å². The predicted octanol–water partition coefficient (Wildman–Crippen LogP) is 3.86. The first kappa shape index (κ1) is 23.3. The van der Waals surface area contributed by atoms with Crippen molar-refractivity contribution < 1.29 is 9.26 Å². The number of aryl methyl sites for hydroxylation is 3. The maximum absolute atomic E-state index is 5.82. The average molecular weight is 486 g/mol. The maximum Gasteiger partial charge on any atom is 0.191 e. The normalized spacial score (nSPS) is 11.0. The van der Waals surface area contributed by atoms with Crippen LogP contribution >= 0.6 is 24.0 Å². The maximum atomic E-state index is 5.82. The lowest BCUT2D eigenvalue weighted by atomic mass is 10.1. The lowest BCUT2D eigenvalue weighted by Crippen LogP contribution is -2.39. The number of halogens is 1. The number of benzene rings is 1. The molecule has 0 aliphatic heterocycles. The summed E-state index contributed by atoms with van der Waals surface area (Å²) in [7, 11) is 0. The first-order chi connectivity index (χ1) is 12.7. The van der Waals surface area contributed by atoms with Gasteiger partial charge in [0.15, 0.2) is 5.96 Å². The zero-order chi connectivity index (χ0) is 18.8. The molecular weight excluding hydrogens is 455 g/mol. The van der Waals surface area contributed by atoms with Crippen LogP contribution in [0.1, 0.15) is 43.4 Å². The van der Waals surface area contributed by atoms with Crippen LogP contribution in [0.3, 0.4) is 0 Å². The number of hydrogen-bond acceptors (Lipinski definition) is 4. The molecule has 0 fully saturated rings. The molecule has 0 saturated heterocycles. The van der Waals surface area contributed by atoms with Crippen LogP contribution in [0.4, 0.5) is 0 Å². The first-order valence-electron chi connectivity index (χ1n) is 9.36. The van der Waals surface area contributed by atoms with Gasteiger partial charge < -0.3 is 19.9 Å². The van der Waals surface area contributed by atoms with Gasteiger partial charge in [0.2, 0.25) is 0 Å². The minimum atomic E-state index is 0. The molecule has 6 nitrogen and oxygen atoms in total. The van der Waals surface area contributed by atoms with Crippen molar-refractivity contribution in [2.45, 2.75) is 47.1 Å². The van der Waals surface area contributed by atoms with Gasteiger partial charge in [-0.05, 0) is 31.9 Å². The van der Waals surface area contributed by atoms with E-state index in [9.17, 15) is 0 Å². The van der Waals surface area contributed by atoms with Crippen molar-refractivity contribution >= 4 is 29.9 Å². The number of aliphatic imine (C=N–C) groups is 1. The first-order valence-corrected chi connectivity index (χ1v) is 9.36. The third kappa shape index (κ3) is 7.04. The number of nitrogens with zero attached hydrogens (tertiary/aromatic N) is 2. The second kappa shape index (κ2) is 12.6. The second-order valence-electron chi connectivity index (χ2n) is 5.97. The van der Waals surface area contributed by atoms with Crippen molar-refractivity contribution in [1.29, 1.82) is 0 Å². The molecular formula is C20H31IN4O2. The summed E-state index contributed by atoms with van der Waals surface area (Å²) in [5.74, 6) is 2.61. The highest BCUT2D eigenvalue weighted by atomic mass is 127. The van der Waals surface area contributed by atoms with Gasteiger partial charge in [-0.2, -0.15) is 0 Å². The van der Waals surface area contributed by atoms with E-state index in [4.69, 9.17) is 9.26 Å². The summed E-state index contributed by atoms with van der Waals surface area (Å²) in [5, 5.41) is 10.7. The lowest BCUT2D eigenvalue weighted by Gasteiger charge is -2.13. The van der Waals surface area contributed by atoms with Gasteiger partial charge in [0.25, 0.3) is 0 Å². The Kier molecular flexibility index (Phi) is 10.8. The number of nitrogens with one attached hydrogen (secondary N) is 2. The van der Waals surface area contributed by atoms with Crippen molar-refractivity contribution in [1.82, 2.24) is 15.8 Å². The molecule has 0 atom stereocenters. The van der Waals surface area contributed by atoms with Gasteiger partial charge in [-0.3, -0.25) is 0 Å². The number of aromatic nitrogens is 1. The van der Waals surface area contributed by atoms with Gasteiger partial charge in [-0.15, -0.1) is 24.0 Å². The quantitative estimate of drug-likeness (QED) is 0.244. The molecule has 0 aliphatic rings. The average Bonchev–Trinajstić information content (AvgIpc) is 3.06. The van der Waals surface area contributed by atoms with E-state index in [-0.39, 0.29) is 24.0 Å². The van der Waals surface area contributed by atoms with Crippen LogP contribution < -0.4 is 15.4 Å². The molecule has 0 spiro atoms. The fraction of sp³-hybridized carbons (Fsp3) is 0.500. The van der Waals surface area contributed by atoms with E-state index in [2.05, 4.69) is 41.6 Å². The number of rotatable bonds is 9. The fourth-order valence-electron chi connectivity index (χ4n) is 2.67. The number of guanidine groups is 1. The molecule has 0 saturated carbocycles. The predicted molar refractivity (Wildman–Crippen MR) is 120 cm³/mol. The number of para-hydroxylation sites is 1. The summed E-state index contributed by atoms with van der Waals surface area (Å²) >= 11 is 0. The van der Waals surface area contributed by atoms with Gasteiger partial charge in [0.05, 0.1) is 18.8 Å². The van der Waals surface area contributed by atoms with Crippen molar-refractivity contribution in [2.24, 2.45) is 4.99 Å². The van der Waals surface area contributed by atoms with Crippen LogP contribution in [0.2, 0.25) is 0 Å². The van der Waals surface area contributed by atoms with E-state index in [1.807, 2.05) is 31.2 Å². The highest BCUT2D eigenvalue weighted by Crippen LogP contribution is 2.17. The largest absolute Gasteiger partial charge is 0.491 e. The molecule has 0 aliphatic carbocycles. The zero-order valence-electron chi connectivity index (χ0n) is 16.7. The molecule has 150 valence electrons. The molecule has 2 rings (SSSR count). The highest BCUT2D eigenvalue weighted by molar-refractivity contribution is 14.0.